The van der Waals surface area contributed by atoms with Gasteiger partial charge < -0.3 is 15.8 Å². The fraction of sp³-hybridized carbons (Fsp3) is 0.206. The first-order valence-corrected chi connectivity index (χ1v) is 14.7. The van der Waals surface area contributed by atoms with Crippen molar-refractivity contribution in [3.8, 4) is 33.9 Å². The van der Waals surface area contributed by atoms with Gasteiger partial charge in [-0.1, -0.05) is 54.6 Å². The van der Waals surface area contributed by atoms with Crippen molar-refractivity contribution in [3.63, 3.8) is 0 Å². The zero-order chi connectivity index (χ0) is 28.8. The van der Waals surface area contributed by atoms with Gasteiger partial charge in [0.15, 0.2) is 17.1 Å². The van der Waals surface area contributed by atoms with Gasteiger partial charge >= 0.3 is 0 Å². The second kappa shape index (κ2) is 8.76. The van der Waals surface area contributed by atoms with Gasteiger partial charge in [-0.3, -0.25) is 4.40 Å². The first kappa shape index (κ1) is 24.6. The van der Waals surface area contributed by atoms with Crippen LogP contribution < -0.4 is 5.73 Å². The molecule has 2 aliphatic carbocycles. The molecule has 7 aromatic rings. The van der Waals surface area contributed by atoms with Crippen molar-refractivity contribution < 1.29 is 5.11 Å². The van der Waals surface area contributed by atoms with Crippen molar-refractivity contribution in [1.29, 1.82) is 0 Å². The minimum absolute atomic E-state index is 0.412. The van der Waals surface area contributed by atoms with Crippen LogP contribution in [0.15, 0.2) is 91.3 Å². The molecule has 0 spiro atoms. The Labute approximate surface area is 246 Å². The summed E-state index contributed by atoms with van der Waals surface area (Å²) in [6, 6.07) is 26.2. The molecule has 5 aromatic heterocycles. The Bertz CT molecular complexity index is 2170. The Hall–Kier alpha value is -4.99. The summed E-state index contributed by atoms with van der Waals surface area (Å²) < 4.78 is 1.97. The Morgan fingerprint density at radius 1 is 0.837 bits per heavy atom. The predicted octanol–water partition coefficient (Wildman–Crippen LogP) is 5.64. The Balaban J connectivity index is 1.20. The molecule has 0 amide bonds. The third kappa shape index (κ3) is 3.75. The molecule has 5 heterocycles. The van der Waals surface area contributed by atoms with Crippen LogP contribution in [-0.4, -0.2) is 45.2 Å². The van der Waals surface area contributed by atoms with Crippen LogP contribution in [-0.2, 0) is 5.54 Å². The van der Waals surface area contributed by atoms with Crippen LogP contribution in [0.3, 0.4) is 0 Å². The molecule has 0 unspecified atom stereocenters. The third-order valence-corrected chi connectivity index (χ3v) is 9.26. The van der Waals surface area contributed by atoms with E-state index in [1.54, 1.807) is 6.20 Å². The summed E-state index contributed by atoms with van der Waals surface area (Å²) >= 11 is 0. The van der Waals surface area contributed by atoms with E-state index in [0.29, 0.717) is 35.9 Å². The van der Waals surface area contributed by atoms with Crippen LogP contribution in [0.25, 0.3) is 61.7 Å². The second-order valence-electron chi connectivity index (χ2n) is 12.1. The molecule has 0 atom stereocenters. The van der Waals surface area contributed by atoms with E-state index in [9.17, 15) is 5.11 Å². The Morgan fingerprint density at radius 2 is 1.60 bits per heavy atom. The number of fused-ring (bicyclic) bond motifs is 4. The number of nitrogens with one attached hydrogen (secondary N) is 1. The molecule has 9 nitrogen and oxygen atoms in total. The average molecular weight is 565 g/mol. The number of pyridine rings is 2. The summed E-state index contributed by atoms with van der Waals surface area (Å²) in [5, 5.41) is 20.9. The zero-order valence-electron chi connectivity index (χ0n) is 23.3. The van der Waals surface area contributed by atoms with E-state index in [1.165, 1.54) is 0 Å². The largest absolute Gasteiger partial charge is 0.389 e. The van der Waals surface area contributed by atoms with Gasteiger partial charge in [-0.05, 0) is 61.4 Å². The number of H-pyrrole nitrogens is 1. The summed E-state index contributed by atoms with van der Waals surface area (Å²) in [5.74, 6) is 1.09. The molecule has 0 aliphatic heterocycles. The number of rotatable bonds is 5. The molecule has 2 fully saturated rings. The van der Waals surface area contributed by atoms with E-state index in [1.807, 2.05) is 53.1 Å². The van der Waals surface area contributed by atoms with E-state index in [-0.39, 0.29) is 0 Å². The maximum absolute atomic E-state index is 10.9. The van der Waals surface area contributed by atoms with Gasteiger partial charge in [0.05, 0.1) is 17.0 Å². The molecule has 2 aliphatic rings. The molecular weight excluding hydrogens is 536 g/mol. The van der Waals surface area contributed by atoms with E-state index in [4.69, 9.17) is 15.7 Å². The molecule has 0 saturated heterocycles. The van der Waals surface area contributed by atoms with Crippen molar-refractivity contribution in [2.75, 3.05) is 0 Å². The van der Waals surface area contributed by atoms with Gasteiger partial charge in [-0.2, -0.15) is 0 Å². The van der Waals surface area contributed by atoms with Crippen molar-refractivity contribution in [2.45, 2.75) is 36.8 Å². The molecule has 0 bridgehead atoms. The normalized spacial score (nSPS) is 21.9. The smallest absolute Gasteiger partial charge is 0.170 e. The standard InChI is InChI=1S/C34H28N8O/c35-33(18-34(43,19-33)23-10-11-23)22-8-6-21(7-9-22)28-29(20-4-2-1-3-5-20)39-32-26(38-28)12-13-27-40-41-31(42(27)32)25-15-17-37-30-24(25)14-16-36-30/h1-9,12-17,23,43H,10-11,18-19,35H2,(H,36,37)/t33-,34-. The van der Waals surface area contributed by atoms with E-state index < -0.39 is 11.1 Å². The van der Waals surface area contributed by atoms with Crippen LogP contribution in [0.4, 0.5) is 0 Å². The lowest BCUT2D eigenvalue weighted by Gasteiger charge is -2.52. The Kier molecular flexibility index (Phi) is 5.01. The van der Waals surface area contributed by atoms with E-state index >= 15 is 0 Å². The van der Waals surface area contributed by atoms with Crippen molar-refractivity contribution in [2.24, 2.45) is 11.7 Å². The van der Waals surface area contributed by atoms with E-state index in [2.05, 4.69) is 56.6 Å². The lowest BCUT2D eigenvalue weighted by molar-refractivity contribution is -0.106. The number of hydrogen-bond acceptors (Lipinski definition) is 7. The summed E-state index contributed by atoms with van der Waals surface area (Å²) in [4.78, 5) is 18.1. The van der Waals surface area contributed by atoms with Gasteiger partial charge in [0.2, 0.25) is 0 Å². The quantitative estimate of drug-likeness (QED) is 0.247. The van der Waals surface area contributed by atoms with Gasteiger partial charge in [-0.15, -0.1) is 10.2 Å². The number of benzene rings is 2. The van der Waals surface area contributed by atoms with Gasteiger partial charge in [0, 0.05) is 40.0 Å². The SMILES string of the molecule is N[C@]1(c2ccc(-c3nc4ccc5nnc(-c6ccnc7[nH]ccc67)n5c4nc3-c3ccccc3)cc2)C[C@](O)(C2CC2)C1. The first-order valence-electron chi connectivity index (χ1n) is 14.7. The first-order chi connectivity index (χ1) is 21.0. The molecule has 4 N–H and O–H groups in total. The molecule has 0 radical (unpaired) electrons. The van der Waals surface area contributed by atoms with Crippen molar-refractivity contribution in [3.05, 3.63) is 96.8 Å². The lowest BCUT2D eigenvalue weighted by Crippen LogP contribution is -2.60. The van der Waals surface area contributed by atoms with Gasteiger partial charge in [-0.25, -0.2) is 15.0 Å². The van der Waals surface area contributed by atoms with Crippen molar-refractivity contribution in [1.82, 2.24) is 34.5 Å². The molecule has 2 aromatic carbocycles. The molecule has 43 heavy (non-hydrogen) atoms. The molecule has 9 rings (SSSR count). The number of nitrogens with two attached hydrogens (primary N) is 1. The minimum atomic E-state index is -0.604. The highest BCUT2D eigenvalue weighted by Crippen LogP contribution is 2.57. The average Bonchev–Trinajstić information content (AvgIpc) is 3.63. The number of nitrogens with zero attached hydrogens (tertiary/aromatic N) is 6. The maximum atomic E-state index is 10.9. The monoisotopic (exact) mass is 564 g/mol. The lowest BCUT2D eigenvalue weighted by atomic mass is 9.60. The van der Waals surface area contributed by atoms with Crippen LogP contribution in [0.1, 0.15) is 31.2 Å². The number of aromatic nitrogens is 7. The predicted molar refractivity (Wildman–Crippen MR) is 165 cm³/mol. The summed E-state index contributed by atoms with van der Waals surface area (Å²) in [5.41, 5.74) is 14.0. The number of hydrogen-bond donors (Lipinski definition) is 3. The van der Waals surface area contributed by atoms with E-state index in [0.717, 1.165) is 63.0 Å². The van der Waals surface area contributed by atoms with Crippen LogP contribution in [0.5, 0.6) is 0 Å². The zero-order valence-corrected chi connectivity index (χ0v) is 23.3. The second-order valence-corrected chi connectivity index (χ2v) is 12.1. The molecule has 2 saturated carbocycles. The summed E-state index contributed by atoms with van der Waals surface area (Å²) in [6.45, 7) is 0. The van der Waals surface area contributed by atoms with Gasteiger partial charge in [0.25, 0.3) is 0 Å². The highest BCUT2D eigenvalue weighted by molar-refractivity contribution is 5.93. The fourth-order valence-electron chi connectivity index (χ4n) is 6.93. The highest BCUT2D eigenvalue weighted by Gasteiger charge is 2.58. The van der Waals surface area contributed by atoms with Gasteiger partial charge in [0.1, 0.15) is 11.2 Å². The minimum Gasteiger partial charge on any atom is -0.389 e. The summed E-state index contributed by atoms with van der Waals surface area (Å²) in [6.07, 6.45) is 7.08. The third-order valence-electron chi connectivity index (χ3n) is 9.26. The van der Waals surface area contributed by atoms with Crippen LogP contribution in [0, 0.1) is 5.92 Å². The van der Waals surface area contributed by atoms with Crippen LogP contribution >= 0.6 is 0 Å². The topological polar surface area (TPSA) is 131 Å². The summed E-state index contributed by atoms with van der Waals surface area (Å²) in [7, 11) is 0. The maximum Gasteiger partial charge on any atom is 0.170 e. The Morgan fingerprint density at radius 3 is 2.40 bits per heavy atom. The molecule has 9 heteroatoms. The fourth-order valence-corrected chi connectivity index (χ4v) is 6.93. The number of aromatic amines is 1. The van der Waals surface area contributed by atoms with Crippen LogP contribution in [0.2, 0.25) is 0 Å². The van der Waals surface area contributed by atoms with Crippen molar-refractivity contribution >= 4 is 27.8 Å². The molecule has 210 valence electrons. The highest BCUT2D eigenvalue weighted by atomic mass is 16.3. The molecular formula is C34H28N8O. The number of aliphatic hydroxyl groups is 1.